The molecule has 0 radical (unpaired) electrons. The Kier molecular flexibility index (Phi) is 4.98. The van der Waals surface area contributed by atoms with Crippen molar-refractivity contribution in [2.45, 2.75) is 31.9 Å². The van der Waals surface area contributed by atoms with Crippen LogP contribution in [-0.4, -0.2) is 42.2 Å². The zero-order chi connectivity index (χ0) is 14.5. The van der Waals surface area contributed by atoms with Crippen LogP contribution in [-0.2, 0) is 11.2 Å². The van der Waals surface area contributed by atoms with Gasteiger partial charge in [0.2, 0.25) is 0 Å². The van der Waals surface area contributed by atoms with Crippen molar-refractivity contribution in [3.05, 3.63) is 35.4 Å². The van der Waals surface area contributed by atoms with Crippen molar-refractivity contribution in [3.8, 4) is 0 Å². The maximum absolute atomic E-state index is 8.64. The minimum Gasteiger partial charge on any atom is -0.409 e. The standard InChI is InChI=1S/C15H23N3O2/c1-11(9-15(16)17-19)18(2)10-14-13-6-4-3-5-12(13)7-8-20-14/h3-6,11,14,19H,7-10H2,1-2H3,(H2,16,17). The third-order valence-electron chi connectivity index (χ3n) is 3.93. The van der Waals surface area contributed by atoms with Crippen molar-refractivity contribution in [2.75, 3.05) is 20.2 Å². The summed E-state index contributed by atoms with van der Waals surface area (Å²) in [5, 5.41) is 11.7. The highest BCUT2D eigenvalue weighted by molar-refractivity contribution is 5.80. The molecule has 2 atom stereocenters. The molecule has 1 heterocycles. The van der Waals surface area contributed by atoms with Gasteiger partial charge in [0.25, 0.3) is 0 Å². The highest BCUT2D eigenvalue weighted by atomic mass is 16.5. The summed E-state index contributed by atoms with van der Waals surface area (Å²) in [7, 11) is 2.04. The van der Waals surface area contributed by atoms with Gasteiger partial charge >= 0.3 is 0 Å². The molecule has 5 nitrogen and oxygen atoms in total. The molecular weight excluding hydrogens is 254 g/mol. The number of amidine groups is 1. The van der Waals surface area contributed by atoms with Crippen LogP contribution in [0, 0.1) is 0 Å². The van der Waals surface area contributed by atoms with Gasteiger partial charge in [0.05, 0.1) is 12.7 Å². The first-order valence-electron chi connectivity index (χ1n) is 6.98. The fourth-order valence-corrected chi connectivity index (χ4v) is 2.57. The second-order valence-electron chi connectivity index (χ2n) is 5.39. The smallest absolute Gasteiger partial charge is 0.140 e. The third-order valence-corrected chi connectivity index (χ3v) is 3.93. The minimum absolute atomic E-state index is 0.0969. The van der Waals surface area contributed by atoms with Gasteiger partial charge in [0.1, 0.15) is 5.84 Å². The number of nitrogens with two attached hydrogens (primary N) is 1. The van der Waals surface area contributed by atoms with E-state index in [4.69, 9.17) is 15.7 Å². The topological polar surface area (TPSA) is 71.1 Å². The van der Waals surface area contributed by atoms with E-state index in [1.165, 1.54) is 11.1 Å². The molecule has 3 N–H and O–H groups in total. The number of hydrogen-bond acceptors (Lipinski definition) is 4. The number of rotatable bonds is 5. The summed E-state index contributed by atoms with van der Waals surface area (Å²) in [5.74, 6) is 0.259. The highest BCUT2D eigenvalue weighted by Gasteiger charge is 2.23. The lowest BCUT2D eigenvalue weighted by Crippen LogP contribution is -2.37. The Labute approximate surface area is 120 Å². The van der Waals surface area contributed by atoms with E-state index in [2.05, 4.69) is 41.2 Å². The summed E-state index contributed by atoms with van der Waals surface area (Å²) in [5.41, 5.74) is 8.22. The molecule has 0 fully saturated rings. The van der Waals surface area contributed by atoms with Gasteiger partial charge in [-0.25, -0.2) is 0 Å². The molecule has 0 aromatic heterocycles. The third kappa shape index (κ3) is 3.49. The fraction of sp³-hybridized carbons (Fsp3) is 0.533. The number of hydrogen-bond donors (Lipinski definition) is 2. The second-order valence-corrected chi connectivity index (χ2v) is 5.39. The molecule has 1 aromatic carbocycles. The molecule has 20 heavy (non-hydrogen) atoms. The Morgan fingerprint density at radius 2 is 2.30 bits per heavy atom. The Bertz CT molecular complexity index is 476. The number of oxime groups is 1. The number of likely N-dealkylation sites (N-methyl/N-ethyl adjacent to an activating group) is 1. The molecule has 2 unspecified atom stereocenters. The van der Waals surface area contributed by atoms with Crippen molar-refractivity contribution in [1.82, 2.24) is 4.90 Å². The lowest BCUT2D eigenvalue weighted by atomic mass is 9.97. The van der Waals surface area contributed by atoms with Gasteiger partial charge in [-0.3, -0.25) is 0 Å². The van der Waals surface area contributed by atoms with Gasteiger partial charge in [-0.2, -0.15) is 0 Å². The number of ether oxygens (including phenoxy) is 1. The van der Waals surface area contributed by atoms with Gasteiger partial charge in [-0.05, 0) is 31.5 Å². The van der Waals surface area contributed by atoms with Gasteiger partial charge in [-0.15, -0.1) is 0 Å². The summed E-state index contributed by atoms with van der Waals surface area (Å²) < 4.78 is 5.90. The first-order valence-corrected chi connectivity index (χ1v) is 6.98. The largest absolute Gasteiger partial charge is 0.409 e. The van der Waals surface area contributed by atoms with E-state index in [9.17, 15) is 0 Å². The Morgan fingerprint density at radius 1 is 1.55 bits per heavy atom. The first kappa shape index (κ1) is 14.8. The molecule has 0 saturated heterocycles. The van der Waals surface area contributed by atoms with Crippen LogP contribution in [0.3, 0.4) is 0 Å². The van der Waals surface area contributed by atoms with E-state index in [0.29, 0.717) is 6.42 Å². The molecule has 2 rings (SSSR count). The molecule has 0 spiro atoms. The first-order chi connectivity index (χ1) is 9.61. The average Bonchev–Trinajstić information content (AvgIpc) is 2.47. The van der Waals surface area contributed by atoms with Gasteiger partial charge in [-0.1, -0.05) is 29.4 Å². The van der Waals surface area contributed by atoms with Crippen LogP contribution in [0.25, 0.3) is 0 Å². The highest BCUT2D eigenvalue weighted by Crippen LogP contribution is 2.27. The molecule has 0 bridgehead atoms. The molecule has 0 saturated carbocycles. The molecule has 0 amide bonds. The van der Waals surface area contributed by atoms with Crippen LogP contribution in [0.2, 0.25) is 0 Å². The minimum atomic E-state index is 0.0969. The SMILES string of the molecule is CC(CC(N)=NO)N(C)CC1OCCc2ccccc21. The van der Waals surface area contributed by atoms with E-state index >= 15 is 0 Å². The van der Waals surface area contributed by atoms with Gasteiger partial charge in [0, 0.05) is 19.0 Å². The van der Waals surface area contributed by atoms with Crippen molar-refractivity contribution >= 4 is 5.84 Å². The predicted octanol–water partition coefficient (Wildman–Crippen LogP) is 1.76. The van der Waals surface area contributed by atoms with Crippen LogP contribution < -0.4 is 5.73 Å². The summed E-state index contributed by atoms with van der Waals surface area (Å²) in [6.07, 6.45) is 1.62. The molecule has 0 aliphatic carbocycles. The second kappa shape index (κ2) is 6.72. The predicted molar refractivity (Wildman–Crippen MR) is 79.0 cm³/mol. The van der Waals surface area contributed by atoms with Crippen molar-refractivity contribution in [1.29, 1.82) is 0 Å². The summed E-state index contributed by atoms with van der Waals surface area (Å²) in [6.45, 7) is 3.63. The van der Waals surface area contributed by atoms with Crippen LogP contribution in [0.4, 0.5) is 0 Å². The van der Waals surface area contributed by atoms with E-state index < -0.39 is 0 Å². The fourth-order valence-electron chi connectivity index (χ4n) is 2.57. The average molecular weight is 277 g/mol. The lowest BCUT2D eigenvalue weighted by molar-refractivity contribution is 0.0147. The van der Waals surface area contributed by atoms with Crippen LogP contribution in [0.15, 0.2) is 29.4 Å². The zero-order valence-corrected chi connectivity index (χ0v) is 12.1. The monoisotopic (exact) mass is 277 g/mol. The summed E-state index contributed by atoms with van der Waals surface area (Å²) >= 11 is 0. The molecular formula is C15H23N3O2. The maximum Gasteiger partial charge on any atom is 0.140 e. The van der Waals surface area contributed by atoms with Crippen molar-refractivity contribution < 1.29 is 9.94 Å². The summed E-state index contributed by atoms with van der Waals surface area (Å²) in [6, 6.07) is 8.64. The number of nitrogens with zero attached hydrogens (tertiary/aromatic N) is 2. The van der Waals surface area contributed by atoms with E-state index in [0.717, 1.165) is 19.6 Å². The number of benzene rings is 1. The Morgan fingerprint density at radius 3 is 3.05 bits per heavy atom. The lowest BCUT2D eigenvalue weighted by Gasteiger charge is -2.32. The molecule has 1 aliphatic rings. The zero-order valence-electron chi connectivity index (χ0n) is 12.1. The quantitative estimate of drug-likeness (QED) is 0.372. The van der Waals surface area contributed by atoms with E-state index in [-0.39, 0.29) is 18.0 Å². The molecule has 1 aliphatic heterocycles. The summed E-state index contributed by atoms with van der Waals surface area (Å²) in [4.78, 5) is 2.19. The van der Waals surface area contributed by atoms with Crippen LogP contribution >= 0.6 is 0 Å². The molecule has 5 heteroatoms. The van der Waals surface area contributed by atoms with Crippen LogP contribution in [0.5, 0.6) is 0 Å². The Hall–Kier alpha value is -1.59. The van der Waals surface area contributed by atoms with E-state index in [1.807, 2.05) is 7.05 Å². The normalized spacial score (nSPS) is 20.8. The Balaban J connectivity index is 2.00. The molecule has 110 valence electrons. The maximum atomic E-state index is 8.64. The number of fused-ring (bicyclic) bond motifs is 1. The van der Waals surface area contributed by atoms with Crippen molar-refractivity contribution in [3.63, 3.8) is 0 Å². The molecule has 1 aromatic rings. The van der Waals surface area contributed by atoms with E-state index in [1.54, 1.807) is 0 Å². The van der Waals surface area contributed by atoms with Crippen molar-refractivity contribution in [2.24, 2.45) is 10.9 Å². The van der Waals surface area contributed by atoms with Crippen LogP contribution in [0.1, 0.15) is 30.6 Å². The van der Waals surface area contributed by atoms with Gasteiger partial charge in [0.15, 0.2) is 0 Å². The van der Waals surface area contributed by atoms with Gasteiger partial charge < -0.3 is 20.6 Å².